The zero-order valence-corrected chi connectivity index (χ0v) is 11.6. The molecule has 0 spiro atoms. The molecule has 1 rings (SSSR count). The predicted octanol–water partition coefficient (Wildman–Crippen LogP) is 4.08. The van der Waals surface area contributed by atoms with Crippen molar-refractivity contribution >= 4 is 0 Å². The van der Waals surface area contributed by atoms with Gasteiger partial charge in [-0.25, -0.2) is 0 Å². The molecule has 98 valence electrons. The predicted molar refractivity (Wildman–Crippen MR) is 71.9 cm³/mol. The molecule has 1 heterocycles. The Labute approximate surface area is 106 Å². The summed E-state index contributed by atoms with van der Waals surface area (Å²) >= 11 is 0. The molecule has 0 aromatic carbocycles. The van der Waals surface area contributed by atoms with Crippen molar-refractivity contribution in [3.63, 3.8) is 0 Å². The number of allylic oxidation sites excluding steroid dienone is 2. The van der Waals surface area contributed by atoms with Gasteiger partial charge in [0.05, 0.1) is 6.10 Å². The van der Waals surface area contributed by atoms with E-state index in [1.807, 2.05) is 6.08 Å². The molecule has 1 aliphatic heterocycles. The quantitative estimate of drug-likeness (QED) is 0.649. The van der Waals surface area contributed by atoms with Gasteiger partial charge in [-0.05, 0) is 51.5 Å². The molecule has 1 aliphatic rings. The van der Waals surface area contributed by atoms with E-state index in [-0.39, 0.29) is 6.29 Å². The van der Waals surface area contributed by atoms with Gasteiger partial charge in [-0.3, -0.25) is 0 Å². The van der Waals surface area contributed by atoms with Gasteiger partial charge < -0.3 is 9.47 Å². The first-order chi connectivity index (χ1) is 8.11. The van der Waals surface area contributed by atoms with Crippen molar-refractivity contribution in [2.45, 2.75) is 58.8 Å². The van der Waals surface area contributed by atoms with Crippen LogP contribution in [-0.4, -0.2) is 19.5 Å². The van der Waals surface area contributed by atoms with Crippen molar-refractivity contribution in [1.82, 2.24) is 0 Å². The number of hydrogen-bond donors (Lipinski definition) is 0. The van der Waals surface area contributed by atoms with E-state index in [0.29, 0.717) is 12.0 Å². The van der Waals surface area contributed by atoms with Gasteiger partial charge in [0.15, 0.2) is 6.29 Å². The molecular weight excluding hydrogens is 212 g/mol. The van der Waals surface area contributed by atoms with Crippen LogP contribution >= 0.6 is 0 Å². The molecule has 0 saturated heterocycles. The summed E-state index contributed by atoms with van der Waals surface area (Å²) in [6.45, 7) is 6.62. The summed E-state index contributed by atoms with van der Waals surface area (Å²) in [5.74, 6) is 0.708. The van der Waals surface area contributed by atoms with Crippen LogP contribution in [0.25, 0.3) is 0 Å². The van der Waals surface area contributed by atoms with E-state index in [0.717, 1.165) is 12.8 Å². The SMILES string of the molecule is COC1C=CC[C@@H](C[C@@H](C)CCC=C(C)C)O1. The minimum atomic E-state index is -0.140. The Bertz CT molecular complexity index is 264. The summed E-state index contributed by atoms with van der Waals surface area (Å²) in [5, 5.41) is 0. The maximum atomic E-state index is 5.81. The fourth-order valence-corrected chi connectivity index (χ4v) is 2.14. The van der Waals surface area contributed by atoms with Gasteiger partial charge in [-0.15, -0.1) is 0 Å². The second-order valence-corrected chi connectivity index (χ2v) is 5.23. The summed E-state index contributed by atoms with van der Waals surface area (Å²) in [6.07, 6.45) is 11.2. The molecule has 0 aromatic rings. The summed E-state index contributed by atoms with van der Waals surface area (Å²) in [7, 11) is 1.69. The van der Waals surface area contributed by atoms with Crippen molar-refractivity contribution in [2.75, 3.05) is 7.11 Å². The highest BCUT2D eigenvalue weighted by atomic mass is 16.7. The van der Waals surface area contributed by atoms with Crippen LogP contribution in [-0.2, 0) is 9.47 Å². The van der Waals surface area contributed by atoms with Crippen molar-refractivity contribution in [3.8, 4) is 0 Å². The van der Waals surface area contributed by atoms with Gasteiger partial charge in [-0.1, -0.05) is 24.6 Å². The lowest BCUT2D eigenvalue weighted by Gasteiger charge is -2.27. The van der Waals surface area contributed by atoms with Crippen LogP contribution in [0.5, 0.6) is 0 Å². The van der Waals surface area contributed by atoms with Gasteiger partial charge in [0.25, 0.3) is 0 Å². The lowest BCUT2D eigenvalue weighted by molar-refractivity contribution is -0.136. The molecule has 3 atom stereocenters. The Morgan fingerprint density at radius 2 is 2.29 bits per heavy atom. The van der Waals surface area contributed by atoms with E-state index in [2.05, 4.69) is 32.9 Å². The van der Waals surface area contributed by atoms with Gasteiger partial charge in [-0.2, -0.15) is 0 Å². The minimum absolute atomic E-state index is 0.140. The van der Waals surface area contributed by atoms with Crippen molar-refractivity contribution in [2.24, 2.45) is 5.92 Å². The highest BCUT2D eigenvalue weighted by Gasteiger charge is 2.19. The first-order valence-corrected chi connectivity index (χ1v) is 6.60. The maximum absolute atomic E-state index is 5.81. The van der Waals surface area contributed by atoms with E-state index >= 15 is 0 Å². The molecule has 0 aliphatic carbocycles. The molecule has 0 amide bonds. The summed E-state index contributed by atoms with van der Waals surface area (Å²) < 4.78 is 11.0. The van der Waals surface area contributed by atoms with Crippen LogP contribution in [0.15, 0.2) is 23.8 Å². The number of methoxy groups -OCH3 is 1. The molecule has 17 heavy (non-hydrogen) atoms. The zero-order chi connectivity index (χ0) is 12.7. The van der Waals surface area contributed by atoms with Gasteiger partial charge >= 0.3 is 0 Å². The highest BCUT2D eigenvalue weighted by molar-refractivity contribution is 4.94. The van der Waals surface area contributed by atoms with Crippen LogP contribution in [0.2, 0.25) is 0 Å². The molecule has 0 bridgehead atoms. The average molecular weight is 238 g/mol. The lowest BCUT2D eigenvalue weighted by Crippen LogP contribution is -2.26. The summed E-state index contributed by atoms with van der Waals surface area (Å²) in [6, 6.07) is 0. The number of ether oxygens (including phenoxy) is 2. The highest BCUT2D eigenvalue weighted by Crippen LogP contribution is 2.22. The minimum Gasteiger partial charge on any atom is -0.352 e. The van der Waals surface area contributed by atoms with E-state index in [4.69, 9.17) is 9.47 Å². The molecule has 0 N–H and O–H groups in total. The average Bonchev–Trinajstić information content (AvgIpc) is 2.28. The Kier molecular flexibility index (Phi) is 6.53. The van der Waals surface area contributed by atoms with Crippen LogP contribution in [0.3, 0.4) is 0 Å². The number of hydrogen-bond acceptors (Lipinski definition) is 2. The smallest absolute Gasteiger partial charge is 0.176 e. The van der Waals surface area contributed by atoms with Crippen molar-refractivity contribution in [1.29, 1.82) is 0 Å². The molecule has 1 unspecified atom stereocenters. The topological polar surface area (TPSA) is 18.5 Å². The molecule has 2 heteroatoms. The lowest BCUT2D eigenvalue weighted by atomic mass is 9.95. The summed E-state index contributed by atoms with van der Waals surface area (Å²) in [5.41, 5.74) is 1.41. The largest absolute Gasteiger partial charge is 0.352 e. The molecule has 0 fully saturated rings. The van der Waals surface area contributed by atoms with Gasteiger partial charge in [0.1, 0.15) is 0 Å². The third-order valence-corrected chi connectivity index (χ3v) is 3.13. The first-order valence-electron chi connectivity index (χ1n) is 6.60. The molecular formula is C15H26O2. The molecule has 0 aromatic heterocycles. The zero-order valence-electron chi connectivity index (χ0n) is 11.6. The van der Waals surface area contributed by atoms with E-state index in [9.17, 15) is 0 Å². The van der Waals surface area contributed by atoms with Gasteiger partial charge in [0.2, 0.25) is 0 Å². The first kappa shape index (κ1) is 14.5. The Morgan fingerprint density at radius 3 is 2.94 bits per heavy atom. The molecule has 0 saturated carbocycles. The van der Waals surface area contributed by atoms with Crippen LogP contribution in [0.4, 0.5) is 0 Å². The number of rotatable bonds is 6. The third kappa shape index (κ3) is 6.04. The van der Waals surface area contributed by atoms with E-state index in [1.54, 1.807) is 7.11 Å². The monoisotopic (exact) mass is 238 g/mol. The third-order valence-electron chi connectivity index (χ3n) is 3.13. The van der Waals surface area contributed by atoms with Crippen molar-refractivity contribution in [3.05, 3.63) is 23.8 Å². The Balaban J connectivity index is 2.24. The Hall–Kier alpha value is -0.600. The fraction of sp³-hybridized carbons (Fsp3) is 0.733. The maximum Gasteiger partial charge on any atom is 0.176 e. The van der Waals surface area contributed by atoms with E-state index in [1.165, 1.54) is 18.4 Å². The van der Waals surface area contributed by atoms with Crippen LogP contribution in [0.1, 0.15) is 46.5 Å². The Morgan fingerprint density at radius 1 is 1.53 bits per heavy atom. The standard InChI is InChI=1S/C15H26O2/c1-12(2)7-5-8-13(3)11-14-9-6-10-15(16-4)17-14/h6-7,10,13-15H,5,8-9,11H2,1-4H3/t13-,14-,15?/m0/s1. The second-order valence-electron chi connectivity index (χ2n) is 5.23. The fourth-order valence-electron chi connectivity index (χ4n) is 2.14. The molecule has 0 radical (unpaired) electrons. The summed E-state index contributed by atoms with van der Waals surface area (Å²) in [4.78, 5) is 0. The normalized spacial score (nSPS) is 25.6. The van der Waals surface area contributed by atoms with Crippen molar-refractivity contribution < 1.29 is 9.47 Å². The van der Waals surface area contributed by atoms with Gasteiger partial charge in [0, 0.05) is 7.11 Å². The van der Waals surface area contributed by atoms with Crippen LogP contribution < -0.4 is 0 Å². The second kappa shape index (κ2) is 7.67. The van der Waals surface area contributed by atoms with E-state index < -0.39 is 0 Å². The molecule has 2 nitrogen and oxygen atoms in total. The van der Waals surface area contributed by atoms with Crippen LogP contribution in [0, 0.1) is 5.92 Å².